The molecule has 0 bridgehead atoms. The van der Waals surface area contributed by atoms with E-state index in [-0.39, 0.29) is 12.6 Å². The standard InChI is InChI=1S/C13H16N2O5/c16-12-6-7-14(8-11(12)15(18)19)9-13(17)20-10-4-2-1-3-5-10/h6-8,10H,1-5,9H2. The van der Waals surface area contributed by atoms with Gasteiger partial charge >= 0.3 is 11.7 Å². The third kappa shape index (κ3) is 3.66. The first-order valence-corrected chi connectivity index (χ1v) is 6.60. The minimum absolute atomic E-state index is 0.0504. The third-order valence-corrected chi connectivity index (χ3v) is 3.32. The average molecular weight is 280 g/mol. The lowest BCUT2D eigenvalue weighted by Gasteiger charge is -2.21. The second kappa shape index (κ2) is 6.31. The molecule has 0 radical (unpaired) electrons. The van der Waals surface area contributed by atoms with Gasteiger partial charge in [0.05, 0.1) is 11.1 Å². The normalized spacial score (nSPS) is 15.8. The Morgan fingerprint density at radius 3 is 2.75 bits per heavy atom. The monoisotopic (exact) mass is 280 g/mol. The van der Waals surface area contributed by atoms with Crippen LogP contribution in [0.2, 0.25) is 0 Å². The van der Waals surface area contributed by atoms with Gasteiger partial charge in [-0.1, -0.05) is 6.42 Å². The van der Waals surface area contributed by atoms with Crippen molar-refractivity contribution in [3.63, 3.8) is 0 Å². The number of nitrogens with zero attached hydrogens (tertiary/aromatic N) is 2. The molecule has 108 valence electrons. The maximum Gasteiger partial charge on any atom is 0.332 e. The maximum absolute atomic E-state index is 11.8. The van der Waals surface area contributed by atoms with E-state index in [4.69, 9.17) is 4.74 Å². The summed E-state index contributed by atoms with van der Waals surface area (Å²) in [7, 11) is 0. The molecule has 1 saturated carbocycles. The van der Waals surface area contributed by atoms with Gasteiger partial charge in [0.15, 0.2) is 0 Å². The quantitative estimate of drug-likeness (QED) is 0.475. The van der Waals surface area contributed by atoms with Gasteiger partial charge in [-0.3, -0.25) is 19.7 Å². The summed E-state index contributed by atoms with van der Waals surface area (Å²) in [6, 6.07) is 1.08. The Bertz CT molecular complexity index is 560. The molecule has 0 unspecified atom stereocenters. The van der Waals surface area contributed by atoms with Crippen molar-refractivity contribution >= 4 is 11.7 Å². The summed E-state index contributed by atoms with van der Waals surface area (Å²) in [5.74, 6) is -0.435. The fourth-order valence-electron chi connectivity index (χ4n) is 2.30. The minimum atomic E-state index is -0.759. The molecule has 2 rings (SSSR count). The molecule has 1 aromatic heterocycles. The Kier molecular flexibility index (Phi) is 4.49. The van der Waals surface area contributed by atoms with E-state index in [1.54, 1.807) is 0 Å². The van der Waals surface area contributed by atoms with Gasteiger partial charge in [-0.05, 0) is 25.7 Å². The van der Waals surface area contributed by atoms with Crippen molar-refractivity contribution < 1.29 is 14.5 Å². The van der Waals surface area contributed by atoms with E-state index in [1.165, 1.54) is 17.2 Å². The summed E-state index contributed by atoms with van der Waals surface area (Å²) in [6.45, 7) is -0.127. The van der Waals surface area contributed by atoms with Crippen LogP contribution in [0.25, 0.3) is 0 Å². The highest BCUT2D eigenvalue weighted by Crippen LogP contribution is 2.20. The van der Waals surface area contributed by atoms with Crippen LogP contribution in [0.4, 0.5) is 5.69 Å². The topological polar surface area (TPSA) is 91.4 Å². The van der Waals surface area contributed by atoms with Crippen molar-refractivity contribution in [2.45, 2.75) is 44.8 Å². The molecular weight excluding hydrogens is 264 g/mol. The molecular formula is C13H16N2O5. The number of nitro groups is 1. The number of ether oxygens (including phenoxy) is 1. The van der Waals surface area contributed by atoms with Crippen LogP contribution < -0.4 is 5.43 Å². The van der Waals surface area contributed by atoms with Gasteiger partial charge < -0.3 is 9.30 Å². The first-order valence-electron chi connectivity index (χ1n) is 6.60. The molecule has 1 heterocycles. The Morgan fingerprint density at radius 1 is 1.40 bits per heavy atom. The van der Waals surface area contributed by atoms with Gasteiger partial charge in [0.2, 0.25) is 0 Å². The fraction of sp³-hybridized carbons (Fsp3) is 0.538. The molecule has 20 heavy (non-hydrogen) atoms. The van der Waals surface area contributed by atoms with E-state index in [1.807, 2.05) is 0 Å². The van der Waals surface area contributed by atoms with Crippen LogP contribution in [0.1, 0.15) is 32.1 Å². The predicted molar refractivity (Wildman–Crippen MR) is 70.3 cm³/mol. The van der Waals surface area contributed by atoms with Crippen LogP contribution in [0.15, 0.2) is 23.3 Å². The third-order valence-electron chi connectivity index (χ3n) is 3.32. The van der Waals surface area contributed by atoms with E-state index >= 15 is 0 Å². The van der Waals surface area contributed by atoms with Crippen molar-refractivity contribution in [2.24, 2.45) is 0 Å². The van der Waals surface area contributed by atoms with Crippen LogP contribution in [0, 0.1) is 10.1 Å². The van der Waals surface area contributed by atoms with Gasteiger partial charge in [-0.25, -0.2) is 0 Å². The lowest BCUT2D eigenvalue weighted by molar-refractivity contribution is -0.386. The number of hydrogen-bond acceptors (Lipinski definition) is 5. The first kappa shape index (κ1) is 14.2. The molecule has 0 aromatic carbocycles. The Balaban J connectivity index is 1.98. The summed E-state index contributed by atoms with van der Waals surface area (Å²) in [6.07, 6.45) is 7.38. The molecule has 1 fully saturated rings. The van der Waals surface area contributed by atoms with Crippen molar-refractivity contribution in [3.8, 4) is 0 Å². The van der Waals surface area contributed by atoms with E-state index < -0.39 is 22.0 Å². The molecule has 0 spiro atoms. The van der Waals surface area contributed by atoms with Gasteiger partial charge in [-0.15, -0.1) is 0 Å². The lowest BCUT2D eigenvalue weighted by atomic mass is 9.98. The van der Waals surface area contributed by atoms with Crippen molar-refractivity contribution in [2.75, 3.05) is 0 Å². The number of carbonyl (C=O) groups is 1. The van der Waals surface area contributed by atoms with Crippen molar-refractivity contribution in [3.05, 3.63) is 38.8 Å². The van der Waals surface area contributed by atoms with E-state index in [9.17, 15) is 19.7 Å². The van der Waals surface area contributed by atoms with E-state index in [0.717, 1.165) is 37.9 Å². The van der Waals surface area contributed by atoms with Crippen LogP contribution >= 0.6 is 0 Å². The number of carbonyl (C=O) groups excluding carboxylic acids is 1. The average Bonchev–Trinajstić information content (AvgIpc) is 2.41. The molecule has 7 heteroatoms. The summed E-state index contributed by atoms with van der Waals surface area (Å²) in [5, 5.41) is 10.7. The number of hydrogen-bond donors (Lipinski definition) is 0. The van der Waals surface area contributed by atoms with Crippen LogP contribution in [-0.4, -0.2) is 21.6 Å². The summed E-state index contributed by atoms with van der Waals surface area (Å²) in [4.78, 5) is 32.9. The maximum atomic E-state index is 11.8. The van der Waals surface area contributed by atoms with E-state index in [2.05, 4.69) is 0 Å². The van der Waals surface area contributed by atoms with Crippen LogP contribution in [0.5, 0.6) is 0 Å². The molecule has 0 amide bonds. The van der Waals surface area contributed by atoms with Gasteiger partial charge in [0, 0.05) is 12.3 Å². The Hall–Kier alpha value is -2.18. The molecule has 1 aromatic rings. The fourth-order valence-corrected chi connectivity index (χ4v) is 2.30. The van der Waals surface area contributed by atoms with Crippen molar-refractivity contribution in [1.82, 2.24) is 4.57 Å². The smallest absolute Gasteiger partial charge is 0.332 e. The highest BCUT2D eigenvalue weighted by atomic mass is 16.6. The SMILES string of the molecule is O=C(Cn1ccc(=O)c([N+](=O)[O-])c1)OC1CCCCC1. The minimum Gasteiger partial charge on any atom is -0.461 e. The number of esters is 1. The van der Waals surface area contributed by atoms with Crippen LogP contribution in [-0.2, 0) is 16.1 Å². The Labute approximate surface area is 115 Å². The molecule has 1 aliphatic carbocycles. The highest BCUT2D eigenvalue weighted by Gasteiger charge is 2.18. The summed E-state index contributed by atoms with van der Waals surface area (Å²) < 4.78 is 6.61. The number of rotatable bonds is 4. The molecule has 7 nitrogen and oxygen atoms in total. The molecule has 0 aliphatic heterocycles. The summed E-state index contributed by atoms with van der Waals surface area (Å²) in [5.41, 5.74) is -1.22. The lowest BCUT2D eigenvalue weighted by Crippen LogP contribution is -2.24. The van der Waals surface area contributed by atoms with E-state index in [0.29, 0.717) is 0 Å². The zero-order valence-electron chi connectivity index (χ0n) is 11.0. The zero-order chi connectivity index (χ0) is 14.5. The van der Waals surface area contributed by atoms with Gasteiger partial charge in [0.25, 0.3) is 5.43 Å². The number of aromatic nitrogens is 1. The molecule has 1 aliphatic rings. The second-order valence-corrected chi connectivity index (χ2v) is 4.87. The second-order valence-electron chi connectivity index (χ2n) is 4.87. The Morgan fingerprint density at radius 2 is 2.10 bits per heavy atom. The highest BCUT2D eigenvalue weighted by molar-refractivity contribution is 5.69. The largest absolute Gasteiger partial charge is 0.461 e. The van der Waals surface area contributed by atoms with Gasteiger partial charge in [-0.2, -0.15) is 0 Å². The molecule has 0 saturated heterocycles. The van der Waals surface area contributed by atoms with Crippen LogP contribution in [0.3, 0.4) is 0 Å². The van der Waals surface area contributed by atoms with Gasteiger partial charge in [0.1, 0.15) is 12.6 Å². The molecule has 0 N–H and O–H groups in total. The zero-order valence-corrected chi connectivity index (χ0v) is 11.0. The first-order chi connectivity index (χ1) is 9.56. The van der Waals surface area contributed by atoms with Crippen molar-refractivity contribution in [1.29, 1.82) is 0 Å². The molecule has 0 atom stereocenters. The number of pyridine rings is 1. The predicted octanol–water partition coefficient (Wildman–Crippen LogP) is 1.63. The summed E-state index contributed by atoms with van der Waals surface area (Å²) >= 11 is 0.